The molecule has 1 N–H and O–H groups in total. The van der Waals surface area contributed by atoms with E-state index in [1.165, 1.54) is 12.2 Å². The molecule has 1 amide bonds. The molecule has 158 valence electrons. The number of carbonyl (C=O) groups is 1. The third kappa shape index (κ3) is 4.14. The molecule has 0 aromatic heterocycles. The van der Waals surface area contributed by atoms with Crippen LogP contribution in [0.3, 0.4) is 0 Å². The van der Waals surface area contributed by atoms with Gasteiger partial charge in [0.15, 0.2) is 0 Å². The van der Waals surface area contributed by atoms with Crippen molar-refractivity contribution >= 4 is 29.0 Å². The third-order valence-electron chi connectivity index (χ3n) is 5.45. The first-order valence-corrected chi connectivity index (χ1v) is 9.80. The fourth-order valence-corrected chi connectivity index (χ4v) is 3.75. The lowest BCUT2D eigenvalue weighted by molar-refractivity contribution is -0.137. The number of anilines is 3. The SMILES string of the molecule is CN1CCN(C(=O)C=Cc2cc(C(F)(F)F)cc3c2N(c2ccccc2)CN3)CC1. The van der Waals surface area contributed by atoms with E-state index in [-0.39, 0.29) is 5.91 Å². The maximum absolute atomic E-state index is 13.4. The molecule has 0 radical (unpaired) electrons. The highest BCUT2D eigenvalue weighted by Gasteiger charge is 2.34. The molecule has 0 saturated carbocycles. The van der Waals surface area contributed by atoms with Crippen molar-refractivity contribution in [1.82, 2.24) is 9.80 Å². The molecule has 0 aliphatic carbocycles. The number of amides is 1. The van der Waals surface area contributed by atoms with Gasteiger partial charge in [0.2, 0.25) is 5.91 Å². The van der Waals surface area contributed by atoms with E-state index >= 15 is 0 Å². The summed E-state index contributed by atoms with van der Waals surface area (Å²) in [4.78, 5) is 18.3. The number of fused-ring (bicyclic) bond motifs is 1. The second kappa shape index (κ2) is 8.02. The van der Waals surface area contributed by atoms with Crippen LogP contribution in [-0.4, -0.2) is 55.6 Å². The van der Waals surface area contributed by atoms with E-state index < -0.39 is 11.7 Å². The lowest BCUT2D eigenvalue weighted by atomic mass is 10.0. The minimum absolute atomic E-state index is 0.188. The summed E-state index contributed by atoms with van der Waals surface area (Å²) in [5.74, 6) is -0.188. The first kappa shape index (κ1) is 20.3. The minimum Gasteiger partial charge on any atom is -0.366 e. The smallest absolute Gasteiger partial charge is 0.366 e. The summed E-state index contributed by atoms with van der Waals surface area (Å²) in [6, 6.07) is 11.7. The zero-order valence-electron chi connectivity index (χ0n) is 16.6. The van der Waals surface area contributed by atoms with Gasteiger partial charge >= 0.3 is 6.18 Å². The zero-order chi connectivity index (χ0) is 21.3. The van der Waals surface area contributed by atoms with Crippen molar-refractivity contribution < 1.29 is 18.0 Å². The van der Waals surface area contributed by atoms with E-state index in [9.17, 15) is 18.0 Å². The van der Waals surface area contributed by atoms with Crippen LogP contribution in [0, 0.1) is 0 Å². The Bertz CT molecular complexity index is 951. The average molecular weight is 416 g/mol. The Kier molecular flexibility index (Phi) is 5.42. The molecular weight excluding hydrogens is 393 g/mol. The van der Waals surface area contributed by atoms with Crippen LogP contribution in [0.1, 0.15) is 11.1 Å². The predicted molar refractivity (Wildman–Crippen MR) is 112 cm³/mol. The van der Waals surface area contributed by atoms with E-state index in [0.717, 1.165) is 30.9 Å². The first-order chi connectivity index (χ1) is 14.3. The number of piperazine rings is 1. The van der Waals surface area contributed by atoms with Gasteiger partial charge in [0.05, 0.1) is 23.6 Å². The monoisotopic (exact) mass is 416 g/mol. The van der Waals surface area contributed by atoms with Gasteiger partial charge in [-0.2, -0.15) is 13.2 Å². The van der Waals surface area contributed by atoms with Crippen molar-refractivity contribution in [1.29, 1.82) is 0 Å². The standard InChI is InChI=1S/C22H23F3N4O/c1-27-9-11-28(12-10-27)20(30)8-7-16-13-17(22(23,24)25)14-19-21(16)29(15-26-19)18-5-3-2-4-6-18/h2-8,13-14,26H,9-12,15H2,1H3. The van der Waals surface area contributed by atoms with Crippen molar-refractivity contribution in [3.05, 3.63) is 59.7 Å². The van der Waals surface area contributed by atoms with E-state index in [1.54, 1.807) is 4.90 Å². The van der Waals surface area contributed by atoms with E-state index in [4.69, 9.17) is 0 Å². The summed E-state index contributed by atoms with van der Waals surface area (Å²) in [6.07, 6.45) is -1.60. The normalized spacial score (nSPS) is 17.3. The number of hydrogen-bond acceptors (Lipinski definition) is 4. The maximum Gasteiger partial charge on any atom is 0.416 e. The highest BCUT2D eigenvalue weighted by molar-refractivity contribution is 5.96. The van der Waals surface area contributed by atoms with Crippen molar-refractivity contribution in [2.45, 2.75) is 6.18 Å². The van der Waals surface area contributed by atoms with Gasteiger partial charge < -0.3 is 20.0 Å². The summed E-state index contributed by atoms with van der Waals surface area (Å²) in [7, 11) is 1.99. The fourth-order valence-electron chi connectivity index (χ4n) is 3.75. The first-order valence-electron chi connectivity index (χ1n) is 9.80. The number of para-hydroxylation sites is 1. The number of hydrogen-bond donors (Lipinski definition) is 1. The number of nitrogens with one attached hydrogen (secondary N) is 1. The van der Waals surface area contributed by atoms with Gasteiger partial charge in [-0.05, 0) is 37.4 Å². The Morgan fingerprint density at radius 1 is 1.07 bits per heavy atom. The highest BCUT2D eigenvalue weighted by atomic mass is 19.4. The van der Waals surface area contributed by atoms with Crippen LogP contribution in [0.25, 0.3) is 6.08 Å². The molecule has 30 heavy (non-hydrogen) atoms. The van der Waals surface area contributed by atoms with Crippen LogP contribution in [0.4, 0.5) is 30.2 Å². The van der Waals surface area contributed by atoms with Crippen LogP contribution in [0.5, 0.6) is 0 Å². The van der Waals surface area contributed by atoms with Gasteiger partial charge in [0.25, 0.3) is 0 Å². The van der Waals surface area contributed by atoms with Crippen LogP contribution in [0.2, 0.25) is 0 Å². The number of carbonyl (C=O) groups excluding carboxylic acids is 1. The minimum atomic E-state index is -4.47. The molecule has 4 rings (SSSR count). The maximum atomic E-state index is 13.4. The average Bonchev–Trinajstić information content (AvgIpc) is 3.16. The number of benzene rings is 2. The second-order valence-corrected chi connectivity index (χ2v) is 7.52. The molecule has 1 fully saturated rings. The molecule has 0 bridgehead atoms. The Balaban J connectivity index is 1.69. The molecule has 2 aliphatic rings. The molecule has 2 heterocycles. The number of alkyl halides is 3. The Labute approximate surface area is 173 Å². The lowest BCUT2D eigenvalue weighted by Gasteiger charge is -2.31. The van der Waals surface area contributed by atoms with Gasteiger partial charge in [0, 0.05) is 43.5 Å². The molecule has 0 unspecified atom stereocenters. The quantitative estimate of drug-likeness (QED) is 0.768. The van der Waals surface area contributed by atoms with E-state index in [0.29, 0.717) is 36.7 Å². The van der Waals surface area contributed by atoms with Crippen LogP contribution in [0.15, 0.2) is 48.5 Å². The van der Waals surface area contributed by atoms with Crippen molar-refractivity contribution in [2.75, 3.05) is 50.1 Å². The second-order valence-electron chi connectivity index (χ2n) is 7.52. The zero-order valence-corrected chi connectivity index (χ0v) is 16.6. The summed E-state index contributed by atoms with van der Waals surface area (Å²) in [5, 5.41) is 3.05. The molecular formula is C22H23F3N4O. The highest BCUT2D eigenvalue weighted by Crippen LogP contribution is 2.44. The molecule has 2 aliphatic heterocycles. The van der Waals surface area contributed by atoms with Gasteiger partial charge in [0.1, 0.15) is 0 Å². The van der Waals surface area contributed by atoms with Gasteiger partial charge in [-0.15, -0.1) is 0 Å². The van der Waals surface area contributed by atoms with Crippen molar-refractivity contribution in [3.63, 3.8) is 0 Å². The molecule has 5 nitrogen and oxygen atoms in total. The molecule has 0 spiro atoms. The van der Waals surface area contributed by atoms with Crippen molar-refractivity contribution in [2.24, 2.45) is 0 Å². The summed E-state index contributed by atoms with van der Waals surface area (Å²) < 4.78 is 40.3. The molecule has 2 aromatic rings. The van der Waals surface area contributed by atoms with Crippen LogP contribution < -0.4 is 10.2 Å². The van der Waals surface area contributed by atoms with Crippen LogP contribution >= 0.6 is 0 Å². The molecule has 8 heteroatoms. The van der Waals surface area contributed by atoms with Gasteiger partial charge in [-0.1, -0.05) is 18.2 Å². The molecule has 1 saturated heterocycles. The Morgan fingerprint density at radius 2 is 1.77 bits per heavy atom. The number of nitrogens with zero attached hydrogens (tertiary/aromatic N) is 3. The number of rotatable bonds is 3. The van der Waals surface area contributed by atoms with E-state index in [2.05, 4.69) is 10.2 Å². The summed E-state index contributed by atoms with van der Waals surface area (Å²) in [6.45, 7) is 3.14. The molecule has 0 atom stereocenters. The van der Waals surface area contributed by atoms with Gasteiger partial charge in [-0.25, -0.2) is 0 Å². The fraction of sp³-hybridized carbons (Fsp3) is 0.318. The van der Waals surface area contributed by atoms with E-state index in [1.807, 2.05) is 42.3 Å². The summed E-state index contributed by atoms with van der Waals surface area (Å²) >= 11 is 0. The number of halogens is 3. The Hall–Kier alpha value is -3.00. The summed E-state index contributed by atoms with van der Waals surface area (Å²) in [5.41, 5.74) is 1.52. The Morgan fingerprint density at radius 3 is 2.43 bits per heavy atom. The number of likely N-dealkylation sites (N-methyl/N-ethyl adjacent to an activating group) is 1. The third-order valence-corrected chi connectivity index (χ3v) is 5.45. The lowest BCUT2D eigenvalue weighted by Crippen LogP contribution is -2.46. The topological polar surface area (TPSA) is 38.8 Å². The predicted octanol–water partition coefficient (Wildman–Crippen LogP) is 4.01. The van der Waals surface area contributed by atoms with Crippen molar-refractivity contribution in [3.8, 4) is 0 Å². The molecule has 2 aromatic carbocycles. The largest absolute Gasteiger partial charge is 0.416 e. The van der Waals surface area contributed by atoms with Gasteiger partial charge in [-0.3, -0.25) is 4.79 Å². The van der Waals surface area contributed by atoms with Crippen LogP contribution in [-0.2, 0) is 11.0 Å².